The fourth-order valence-electron chi connectivity index (χ4n) is 2.16. The molecule has 3 heteroatoms. The molecule has 0 aliphatic rings. The molecule has 0 saturated carbocycles. The minimum Gasteiger partial charge on any atom is -0.479 e. The molecule has 1 unspecified atom stereocenters. The zero-order valence-electron chi connectivity index (χ0n) is 14.6. The molecule has 0 amide bonds. The Labute approximate surface area is 141 Å². The molecule has 2 N–H and O–H groups in total. The number of aliphatic carboxylic acids is 1. The van der Waals surface area contributed by atoms with Crippen LogP contribution in [0.4, 0.5) is 0 Å². The van der Waals surface area contributed by atoms with Crippen LogP contribution in [0.15, 0.2) is 36.5 Å². The van der Waals surface area contributed by atoms with Crippen LogP contribution in [0.3, 0.4) is 0 Å². The molecule has 1 atom stereocenters. The van der Waals surface area contributed by atoms with Crippen molar-refractivity contribution in [2.45, 2.75) is 83.7 Å². The zero-order valence-corrected chi connectivity index (χ0v) is 14.6. The van der Waals surface area contributed by atoms with Crippen LogP contribution in [0.2, 0.25) is 0 Å². The van der Waals surface area contributed by atoms with Crippen molar-refractivity contribution < 1.29 is 15.0 Å². The number of aliphatic hydroxyl groups excluding tert-OH is 1. The van der Waals surface area contributed by atoms with Gasteiger partial charge in [-0.25, -0.2) is 4.79 Å². The topological polar surface area (TPSA) is 57.5 Å². The van der Waals surface area contributed by atoms with Gasteiger partial charge in [0.15, 0.2) is 6.10 Å². The number of allylic oxidation sites excluding steroid dienone is 6. The Balaban J connectivity index is 3.36. The molecule has 0 aromatic carbocycles. The fraction of sp³-hybridized carbons (Fsp3) is 0.650. The van der Waals surface area contributed by atoms with E-state index in [0.29, 0.717) is 6.42 Å². The van der Waals surface area contributed by atoms with Gasteiger partial charge in [0, 0.05) is 0 Å². The average Bonchev–Trinajstić information content (AvgIpc) is 2.54. The van der Waals surface area contributed by atoms with E-state index in [4.69, 9.17) is 10.2 Å². The van der Waals surface area contributed by atoms with Gasteiger partial charge in [-0.3, -0.25) is 0 Å². The maximum absolute atomic E-state index is 10.4. The molecule has 0 rings (SSSR count). The Morgan fingerprint density at radius 2 is 1.30 bits per heavy atom. The van der Waals surface area contributed by atoms with E-state index in [-0.39, 0.29) is 6.42 Å². The van der Waals surface area contributed by atoms with Crippen LogP contribution in [0, 0.1) is 0 Å². The van der Waals surface area contributed by atoms with Crippen LogP contribution >= 0.6 is 0 Å². The van der Waals surface area contributed by atoms with Gasteiger partial charge in [-0.2, -0.15) is 0 Å². The number of hydrogen-bond acceptors (Lipinski definition) is 2. The number of unbranched alkanes of at least 4 members (excludes halogenated alkanes) is 6. The molecule has 23 heavy (non-hydrogen) atoms. The van der Waals surface area contributed by atoms with Crippen LogP contribution < -0.4 is 0 Å². The number of carboxylic acids is 1. The summed E-state index contributed by atoms with van der Waals surface area (Å²) >= 11 is 0. The highest BCUT2D eigenvalue weighted by atomic mass is 16.4. The predicted octanol–water partition coefficient (Wildman–Crippen LogP) is 5.41. The minimum atomic E-state index is -1.24. The van der Waals surface area contributed by atoms with E-state index in [1.165, 1.54) is 44.9 Å². The van der Waals surface area contributed by atoms with Crippen LogP contribution in [0.5, 0.6) is 0 Å². The minimum absolute atomic E-state index is 0.279. The molecule has 0 bridgehead atoms. The van der Waals surface area contributed by atoms with Crippen molar-refractivity contribution >= 4 is 5.97 Å². The van der Waals surface area contributed by atoms with Gasteiger partial charge in [0.25, 0.3) is 0 Å². The van der Waals surface area contributed by atoms with Gasteiger partial charge < -0.3 is 10.2 Å². The molecule has 0 heterocycles. The second-order valence-corrected chi connectivity index (χ2v) is 5.86. The SMILES string of the molecule is CCCCC/C=C/CCCC/C=C/C/C=C/CCC(O)C(=O)O. The lowest BCUT2D eigenvalue weighted by atomic mass is 10.1. The molecule has 0 aromatic heterocycles. The first-order valence-electron chi connectivity index (χ1n) is 9.04. The van der Waals surface area contributed by atoms with E-state index in [9.17, 15) is 4.79 Å². The normalized spacial score (nSPS) is 13.5. The van der Waals surface area contributed by atoms with E-state index in [0.717, 1.165) is 12.8 Å². The Kier molecular flexibility index (Phi) is 16.0. The first-order chi connectivity index (χ1) is 11.2. The number of aliphatic hydroxyl groups is 1. The van der Waals surface area contributed by atoms with Gasteiger partial charge in [0.1, 0.15) is 0 Å². The lowest BCUT2D eigenvalue weighted by Crippen LogP contribution is -2.18. The summed E-state index contributed by atoms with van der Waals surface area (Å²) in [5.74, 6) is -1.14. The monoisotopic (exact) mass is 322 g/mol. The summed E-state index contributed by atoms with van der Waals surface area (Å²) in [7, 11) is 0. The predicted molar refractivity (Wildman–Crippen MR) is 97.5 cm³/mol. The number of carbonyl (C=O) groups is 1. The highest BCUT2D eigenvalue weighted by Gasteiger charge is 2.10. The summed E-state index contributed by atoms with van der Waals surface area (Å²) in [6, 6.07) is 0. The molecular weight excluding hydrogens is 288 g/mol. The van der Waals surface area contributed by atoms with Crippen molar-refractivity contribution in [2.75, 3.05) is 0 Å². The van der Waals surface area contributed by atoms with Crippen molar-refractivity contribution in [1.29, 1.82) is 0 Å². The fourth-order valence-corrected chi connectivity index (χ4v) is 2.16. The summed E-state index contributed by atoms with van der Waals surface area (Å²) in [4.78, 5) is 10.4. The summed E-state index contributed by atoms with van der Waals surface area (Å²) < 4.78 is 0. The van der Waals surface area contributed by atoms with Crippen molar-refractivity contribution in [3.05, 3.63) is 36.5 Å². The van der Waals surface area contributed by atoms with E-state index in [1.54, 1.807) is 0 Å². The molecule has 132 valence electrons. The van der Waals surface area contributed by atoms with Crippen LogP contribution in [-0.4, -0.2) is 22.3 Å². The van der Waals surface area contributed by atoms with Crippen molar-refractivity contribution in [3.8, 4) is 0 Å². The number of carboxylic acid groups (broad SMARTS) is 1. The molecule has 0 spiro atoms. The van der Waals surface area contributed by atoms with E-state index in [1.807, 2.05) is 12.2 Å². The first-order valence-corrected chi connectivity index (χ1v) is 9.04. The molecule has 0 aromatic rings. The molecule has 0 saturated heterocycles. The van der Waals surface area contributed by atoms with Crippen molar-refractivity contribution in [2.24, 2.45) is 0 Å². The third kappa shape index (κ3) is 16.8. The Bertz CT molecular complexity index is 356. The molecule has 0 radical (unpaired) electrons. The van der Waals surface area contributed by atoms with E-state index < -0.39 is 12.1 Å². The van der Waals surface area contributed by atoms with Crippen LogP contribution in [-0.2, 0) is 4.79 Å². The largest absolute Gasteiger partial charge is 0.479 e. The second-order valence-electron chi connectivity index (χ2n) is 5.86. The summed E-state index contributed by atoms with van der Waals surface area (Å²) in [5.41, 5.74) is 0. The molecule has 3 nitrogen and oxygen atoms in total. The van der Waals surface area contributed by atoms with Gasteiger partial charge in [0.05, 0.1) is 0 Å². The average molecular weight is 322 g/mol. The number of rotatable bonds is 15. The standard InChI is InChI=1S/C20H34O3/c1-2-3-4-5-6-7-8-9-10-11-12-13-14-15-16-17-18-19(21)20(22)23/h6-7,12-13,15-16,19,21H,2-5,8-11,14,17-18H2,1H3,(H,22,23)/b7-6+,13-12+,16-15+. The van der Waals surface area contributed by atoms with E-state index >= 15 is 0 Å². The third-order valence-electron chi connectivity index (χ3n) is 3.63. The maximum atomic E-state index is 10.4. The zero-order chi connectivity index (χ0) is 17.2. The van der Waals surface area contributed by atoms with Gasteiger partial charge in [-0.15, -0.1) is 0 Å². The Hall–Kier alpha value is -1.35. The Morgan fingerprint density at radius 1 is 0.826 bits per heavy atom. The maximum Gasteiger partial charge on any atom is 0.332 e. The summed E-state index contributed by atoms with van der Waals surface area (Å²) in [6.07, 6.45) is 23.4. The lowest BCUT2D eigenvalue weighted by Gasteiger charge is -2.00. The summed E-state index contributed by atoms with van der Waals surface area (Å²) in [5, 5.41) is 17.6. The quantitative estimate of drug-likeness (QED) is 0.313. The summed E-state index contributed by atoms with van der Waals surface area (Å²) in [6.45, 7) is 2.23. The van der Waals surface area contributed by atoms with Crippen LogP contribution in [0.25, 0.3) is 0 Å². The molecular formula is C20H34O3. The van der Waals surface area contributed by atoms with Crippen molar-refractivity contribution in [1.82, 2.24) is 0 Å². The lowest BCUT2D eigenvalue weighted by molar-refractivity contribution is -0.146. The highest BCUT2D eigenvalue weighted by Crippen LogP contribution is 2.05. The smallest absolute Gasteiger partial charge is 0.332 e. The van der Waals surface area contributed by atoms with E-state index in [2.05, 4.69) is 31.2 Å². The Morgan fingerprint density at radius 3 is 1.83 bits per heavy atom. The highest BCUT2D eigenvalue weighted by molar-refractivity contribution is 5.71. The third-order valence-corrected chi connectivity index (χ3v) is 3.63. The van der Waals surface area contributed by atoms with Crippen LogP contribution in [0.1, 0.15) is 77.6 Å². The van der Waals surface area contributed by atoms with Gasteiger partial charge in [-0.1, -0.05) is 56.2 Å². The van der Waals surface area contributed by atoms with Gasteiger partial charge >= 0.3 is 5.97 Å². The molecule has 0 aliphatic heterocycles. The first kappa shape index (κ1) is 21.6. The number of hydrogen-bond donors (Lipinski definition) is 2. The molecule has 0 fully saturated rings. The molecule has 0 aliphatic carbocycles. The van der Waals surface area contributed by atoms with Gasteiger partial charge in [-0.05, 0) is 57.8 Å². The van der Waals surface area contributed by atoms with Crippen molar-refractivity contribution in [3.63, 3.8) is 0 Å². The van der Waals surface area contributed by atoms with Gasteiger partial charge in [0.2, 0.25) is 0 Å². The second kappa shape index (κ2) is 17.0.